The smallest absolute Gasteiger partial charge is 0.341 e. The zero-order valence-electron chi connectivity index (χ0n) is 20.3. The SMILES string of the molecule is Cc1cc(OC/C=C(\c2ccc(F)cc2)c2ccc(C#Cc3ccccc3)cc2)ccc1OCC(=O)O. The first kappa shape index (κ1) is 25.3. The van der Waals surface area contributed by atoms with Gasteiger partial charge in [-0.25, -0.2) is 9.18 Å². The van der Waals surface area contributed by atoms with Gasteiger partial charge in [0.05, 0.1) is 0 Å². The number of carbonyl (C=O) groups is 1. The predicted molar refractivity (Wildman–Crippen MR) is 142 cm³/mol. The van der Waals surface area contributed by atoms with Crippen LogP contribution in [0.1, 0.15) is 27.8 Å². The van der Waals surface area contributed by atoms with Gasteiger partial charge in [-0.05, 0) is 89.9 Å². The van der Waals surface area contributed by atoms with Crippen LogP contribution < -0.4 is 9.47 Å². The summed E-state index contributed by atoms with van der Waals surface area (Å²) >= 11 is 0. The molecule has 0 radical (unpaired) electrons. The van der Waals surface area contributed by atoms with E-state index in [9.17, 15) is 9.18 Å². The average Bonchev–Trinajstić information content (AvgIpc) is 2.91. The maximum absolute atomic E-state index is 13.6. The molecule has 4 rings (SSSR count). The number of hydrogen-bond acceptors (Lipinski definition) is 3. The van der Waals surface area contributed by atoms with E-state index >= 15 is 0 Å². The number of benzene rings is 4. The number of ether oxygens (including phenoxy) is 2. The number of aliphatic carboxylic acids is 1. The molecule has 0 unspecified atom stereocenters. The third kappa shape index (κ3) is 7.33. The summed E-state index contributed by atoms with van der Waals surface area (Å²) in [5.41, 5.74) is 5.33. The molecule has 0 fully saturated rings. The van der Waals surface area contributed by atoms with Gasteiger partial charge < -0.3 is 14.6 Å². The molecule has 5 heteroatoms. The number of rotatable bonds is 8. The number of halogens is 1. The van der Waals surface area contributed by atoms with Crippen LogP contribution in [0, 0.1) is 24.6 Å². The lowest BCUT2D eigenvalue weighted by atomic mass is 9.96. The molecule has 0 aliphatic rings. The van der Waals surface area contributed by atoms with Crippen LogP contribution in [-0.2, 0) is 4.79 Å². The summed E-state index contributed by atoms with van der Waals surface area (Å²) < 4.78 is 24.8. The normalized spacial score (nSPS) is 10.8. The van der Waals surface area contributed by atoms with Crippen molar-refractivity contribution in [3.05, 3.63) is 137 Å². The van der Waals surface area contributed by atoms with Crippen LogP contribution in [0.5, 0.6) is 11.5 Å². The van der Waals surface area contributed by atoms with Gasteiger partial charge in [0, 0.05) is 11.1 Å². The largest absolute Gasteiger partial charge is 0.489 e. The van der Waals surface area contributed by atoms with Gasteiger partial charge >= 0.3 is 5.97 Å². The number of aryl methyl sites for hydroxylation is 1. The standard InChI is InChI=1S/C32H25FO4/c1-23-21-29(17-18-31(23)37-22-32(34)35)36-20-19-30(27-13-15-28(33)16-14-27)26-11-9-25(10-12-26)8-7-24-5-3-2-4-6-24/h2-6,9-19,21H,20,22H2,1H3,(H,34,35)/b30-19-. The molecule has 0 saturated carbocycles. The maximum Gasteiger partial charge on any atom is 0.341 e. The van der Waals surface area contributed by atoms with Crippen LogP contribution in [0.2, 0.25) is 0 Å². The molecule has 1 N–H and O–H groups in total. The van der Waals surface area contributed by atoms with Gasteiger partial charge in [-0.1, -0.05) is 54.3 Å². The van der Waals surface area contributed by atoms with E-state index < -0.39 is 12.6 Å². The van der Waals surface area contributed by atoms with Crippen molar-refractivity contribution in [2.75, 3.05) is 13.2 Å². The van der Waals surface area contributed by atoms with Crippen molar-refractivity contribution in [1.82, 2.24) is 0 Å². The van der Waals surface area contributed by atoms with Gasteiger partial charge in [0.15, 0.2) is 6.61 Å². The van der Waals surface area contributed by atoms with E-state index in [4.69, 9.17) is 14.6 Å². The minimum atomic E-state index is -1.03. The Labute approximate surface area is 215 Å². The topological polar surface area (TPSA) is 55.8 Å². The van der Waals surface area contributed by atoms with Crippen molar-refractivity contribution >= 4 is 11.5 Å². The molecule has 0 bridgehead atoms. The molecule has 4 aromatic carbocycles. The fourth-order valence-corrected chi connectivity index (χ4v) is 3.67. The monoisotopic (exact) mass is 492 g/mol. The second-order valence-electron chi connectivity index (χ2n) is 8.24. The third-order valence-corrected chi connectivity index (χ3v) is 5.51. The van der Waals surface area contributed by atoms with E-state index in [1.807, 2.05) is 67.6 Å². The van der Waals surface area contributed by atoms with Crippen molar-refractivity contribution in [3.63, 3.8) is 0 Å². The summed E-state index contributed by atoms with van der Waals surface area (Å²) in [5.74, 6) is 6.12. The van der Waals surface area contributed by atoms with Crippen LogP contribution in [0.25, 0.3) is 5.57 Å². The first-order valence-electron chi connectivity index (χ1n) is 11.7. The first-order valence-corrected chi connectivity index (χ1v) is 11.7. The van der Waals surface area contributed by atoms with Crippen molar-refractivity contribution in [2.24, 2.45) is 0 Å². The highest BCUT2D eigenvalue weighted by Gasteiger charge is 2.08. The minimum Gasteiger partial charge on any atom is -0.489 e. The average molecular weight is 493 g/mol. The third-order valence-electron chi connectivity index (χ3n) is 5.51. The molecule has 0 aliphatic heterocycles. The lowest BCUT2D eigenvalue weighted by Crippen LogP contribution is -2.10. The molecular weight excluding hydrogens is 467 g/mol. The molecule has 37 heavy (non-hydrogen) atoms. The Hall–Kier alpha value is -4.82. The van der Waals surface area contributed by atoms with Crippen LogP contribution in [-0.4, -0.2) is 24.3 Å². The molecule has 184 valence electrons. The molecule has 0 saturated heterocycles. The van der Waals surface area contributed by atoms with Gasteiger partial charge in [0.25, 0.3) is 0 Å². The van der Waals surface area contributed by atoms with Gasteiger partial charge in [0.2, 0.25) is 0 Å². The Balaban J connectivity index is 1.52. The second-order valence-corrected chi connectivity index (χ2v) is 8.24. The zero-order chi connectivity index (χ0) is 26.0. The number of carboxylic acid groups (broad SMARTS) is 1. The van der Waals surface area contributed by atoms with Crippen LogP contribution in [0.3, 0.4) is 0 Å². The lowest BCUT2D eigenvalue weighted by molar-refractivity contribution is -0.139. The van der Waals surface area contributed by atoms with Crippen molar-refractivity contribution < 1.29 is 23.8 Å². The maximum atomic E-state index is 13.6. The van der Waals surface area contributed by atoms with E-state index in [0.717, 1.165) is 33.4 Å². The van der Waals surface area contributed by atoms with E-state index in [-0.39, 0.29) is 12.4 Å². The van der Waals surface area contributed by atoms with Crippen molar-refractivity contribution in [3.8, 4) is 23.3 Å². The molecule has 0 heterocycles. The fraction of sp³-hybridized carbons (Fsp3) is 0.0938. The Bertz CT molecular complexity index is 1450. The van der Waals surface area contributed by atoms with E-state index in [0.29, 0.717) is 11.5 Å². The summed E-state index contributed by atoms with van der Waals surface area (Å²) in [4.78, 5) is 10.7. The van der Waals surface area contributed by atoms with Gasteiger partial charge in [0.1, 0.15) is 23.9 Å². The molecule has 0 aliphatic carbocycles. The van der Waals surface area contributed by atoms with E-state index in [1.54, 1.807) is 30.3 Å². The molecule has 4 nitrogen and oxygen atoms in total. The highest BCUT2D eigenvalue weighted by Crippen LogP contribution is 2.26. The Morgan fingerprint density at radius 2 is 1.46 bits per heavy atom. The molecule has 0 amide bonds. The highest BCUT2D eigenvalue weighted by atomic mass is 19.1. The Kier molecular flexibility index (Phi) is 8.36. The summed E-state index contributed by atoms with van der Waals surface area (Å²) in [7, 11) is 0. The summed E-state index contributed by atoms with van der Waals surface area (Å²) in [6.45, 7) is 1.70. The molecule has 0 aromatic heterocycles. The first-order chi connectivity index (χ1) is 18.0. The summed E-state index contributed by atoms with van der Waals surface area (Å²) in [6.07, 6.45) is 1.95. The zero-order valence-corrected chi connectivity index (χ0v) is 20.3. The van der Waals surface area contributed by atoms with Crippen molar-refractivity contribution in [2.45, 2.75) is 6.92 Å². The Morgan fingerprint density at radius 1 is 0.838 bits per heavy atom. The second kappa shape index (κ2) is 12.2. The lowest BCUT2D eigenvalue weighted by Gasteiger charge is -2.12. The molecular formula is C32H25FO4. The van der Waals surface area contributed by atoms with Crippen LogP contribution >= 0.6 is 0 Å². The summed E-state index contributed by atoms with van der Waals surface area (Å²) in [6, 6.07) is 29.3. The van der Waals surface area contributed by atoms with Crippen LogP contribution in [0.15, 0.2) is 103 Å². The van der Waals surface area contributed by atoms with Crippen molar-refractivity contribution in [1.29, 1.82) is 0 Å². The molecule has 0 spiro atoms. The van der Waals surface area contributed by atoms with Crippen LogP contribution in [0.4, 0.5) is 4.39 Å². The van der Waals surface area contributed by atoms with E-state index in [1.165, 1.54) is 12.1 Å². The highest BCUT2D eigenvalue weighted by molar-refractivity contribution is 5.80. The Morgan fingerprint density at radius 3 is 2.08 bits per heavy atom. The summed E-state index contributed by atoms with van der Waals surface area (Å²) in [5, 5.41) is 8.80. The number of hydrogen-bond donors (Lipinski definition) is 1. The van der Waals surface area contributed by atoms with Gasteiger partial charge in [-0.15, -0.1) is 0 Å². The van der Waals surface area contributed by atoms with E-state index in [2.05, 4.69) is 11.8 Å². The fourth-order valence-electron chi connectivity index (χ4n) is 3.67. The molecule has 0 atom stereocenters. The predicted octanol–water partition coefficient (Wildman–Crippen LogP) is 6.51. The molecule has 4 aromatic rings. The van der Waals surface area contributed by atoms with Gasteiger partial charge in [-0.3, -0.25) is 0 Å². The quantitative estimate of drug-likeness (QED) is 0.285. The minimum absolute atomic E-state index is 0.275. The van der Waals surface area contributed by atoms with Gasteiger partial charge in [-0.2, -0.15) is 0 Å². The number of carboxylic acids is 1.